The number of hydrogen-bond donors (Lipinski definition) is 2. The van der Waals surface area contributed by atoms with Gasteiger partial charge in [0.15, 0.2) is 11.5 Å². The molecule has 3 aromatic carbocycles. The molecule has 0 aromatic heterocycles. The molecule has 0 aliphatic carbocycles. The Morgan fingerprint density at radius 2 is 1.44 bits per heavy atom. The topological polar surface area (TPSA) is 103 Å². The molecular weight excluding hydrogens is 456 g/mol. The minimum absolute atomic E-state index is 0.183. The Morgan fingerprint density at radius 3 is 1.97 bits per heavy atom. The van der Waals surface area contributed by atoms with E-state index in [4.69, 9.17) is 14.2 Å². The number of ether oxygens (including phenoxy) is 3. The summed E-state index contributed by atoms with van der Waals surface area (Å²) in [4.78, 5) is 12.8. The number of amides is 1. The zero-order valence-corrected chi connectivity index (χ0v) is 20.6. The number of nitrogens with one attached hydrogen (secondary N) is 2. The molecule has 0 saturated carbocycles. The number of carbonyl (C=O) groups excluding carboxylic acids is 1. The molecule has 3 rings (SSSR count). The number of methoxy groups -OCH3 is 3. The molecule has 0 radical (unpaired) electrons. The monoisotopic (exact) mass is 484 g/mol. The smallest absolute Gasteiger partial charge is 0.261 e. The summed E-state index contributed by atoms with van der Waals surface area (Å²) in [5.74, 6) is 1.15. The lowest BCUT2D eigenvalue weighted by atomic mass is 10.1. The lowest BCUT2D eigenvalue weighted by Crippen LogP contribution is -2.23. The summed E-state index contributed by atoms with van der Waals surface area (Å²) in [7, 11) is 0.832. The molecule has 0 fully saturated rings. The second-order valence-corrected chi connectivity index (χ2v) is 9.33. The van der Waals surface area contributed by atoms with Crippen molar-refractivity contribution in [3.05, 3.63) is 76.9 Å². The number of aryl methyl sites for hydroxylation is 2. The SMILES string of the molecule is COc1cc(CNC(=O)c2ccc(NS(=O)(=O)c3ccc(C)c(C)c3)cc2)cc(OC)c1OC. The van der Waals surface area contributed by atoms with E-state index in [1.165, 1.54) is 21.3 Å². The maximum atomic E-state index is 12.7. The van der Waals surface area contributed by atoms with E-state index >= 15 is 0 Å². The molecule has 3 aromatic rings. The van der Waals surface area contributed by atoms with Crippen LogP contribution < -0.4 is 24.2 Å². The Labute approximate surface area is 199 Å². The summed E-state index contributed by atoms with van der Waals surface area (Å²) in [6.07, 6.45) is 0. The van der Waals surface area contributed by atoms with Gasteiger partial charge in [0.2, 0.25) is 5.75 Å². The fourth-order valence-electron chi connectivity index (χ4n) is 3.31. The second-order valence-electron chi connectivity index (χ2n) is 7.65. The summed E-state index contributed by atoms with van der Waals surface area (Å²) in [5.41, 5.74) is 3.42. The first-order valence-electron chi connectivity index (χ1n) is 10.5. The molecule has 0 bridgehead atoms. The molecule has 0 aliphatic heterocycles. The maximum absolute atomic E-state index is 12.7. The number of rotatable bonds is 9. The van der Waals surface area contributed by atoms with Gasteiger partial charge in [-0.15, -0.1) is 0 Å². The van der Waals surface area contributed by atoms with Crippen LogP contribution in [-0.2, 0) is 16.6 Å². The van der Waals surface area contributed by atoms with Crippen molar-refractivity contribution in [2.45, 2.75) is 25.3 Å². The summed E-state index contributed by atoms with van der Waals surface area (Å²) < 4.78 is 43.9. The van der Waals surface area contributed by atoms with E-state index in [0.29, 0.717) is 28.5 Å². The van der Waals surface area contributed by atoms with Crippen molar-refractivity contribution < 1.29 is 27.4 Å². The highest BCUT2D eigenvalue weighted by atomic mass is 32.2. The largest absolute Gasteiger partial charge is 0.493 e. The average molecular weight is 485 g/mol. The third-order valence-electron chi connectivity index (χ3n) is 5.37. The van der Waals surface area contributed by atoms with Crippen molar-refractivity contribution in [2.24, 2.45) is 0 Å². The van der Waals surface area contributed by atoms with Crippen molar-refractivity contribution in [3.63, 3.8) is 0 Å². The quantitative estimate of drug-likeness (QED) is 0.475. The Bertz CT molecular complexity index is 1260. The molecule has 0 heterocycles. The zero-order valence-electron chi connectivity index (χ0n) is 19.8. The predicted octanol–water partition coefficient (Wildman–Crippen LogP) is 4.06. The van der Waals surface area contributed by atoms with Crippen LogP contribution in [0.4, 0.5) is 5.69 Å². The maximum Gasteiger partial charge on any atom is 0.261 e. The number of sulfonamides is 1. The van der Waals surface area contributed by atoms with E-state index < -0.39 is 10.0 Å². The van der Waals surface area contributed by atoms with Crippen LogP contribution in [-0.4, -0.2) is 35.7 Å². The zero-order chi connectivity index (χ0) is 24.9. The van der Waals surface area contributed by atoms with Crippen LogP contribution in [0.15, 0.2) is 59.5 Å². The summed E-state index contributed by atoms with van der Waals surface area (Å²) >= 11 is 0. The van der Waals surface area contributed by atoms with Crippen LogP contribution in [0.1, 0.15) is 27.0 Å². The lowest BCUT2D eigenvalue weighted by molar-refractivity contribution is 0.0951. The molecule has 2 N–H and O–H groups in total. The molecule has 0 atom stereocenters. The van der Waals surface area contributed by atoms with Gasteiger partial charge in [-0.25, -0.2) is 8.42 Å². The van der Waals surface area contributed by atoms with Crippen LogP contribution in [0.25, 0.3) is 0 Å². The van der Waals surface area contributed by atoms with Gasteiger partial charge in [0.25, 0.3) is 15.9 Å². The van der Waals surface area contributed by atoms with Crippen molar-refractivity contribution in [3.8, 4) is 17.2 Å². The molecule has 0 saturated heterocycles. The Kier molecular flexibility index (Phi) is 7.68. The minimum atomic E-state index is -3.74. The fraction of sp³-hybridized carbons (Fsp3) is 0.240. The highest BCUT2D eigenvalue weighted by Gasteiger charge is 2.16. The molecule has 180 valence electrons. The first-order chi connectivity index (χ1) is 16.2. The highest BCUT2D eigenvalue weighted by Crippen LogP contribution is 2.38. The number of benzene rings is 3. The normalized spacial score (nSPS) is 11.0. The number of carbonyl (C=O) groups is 1. The first kappa shape index (κ1) is 24.9. The van der Waals surface area contributed by atoms with Gasteiger partial charge in [0, 0.05) is 17.8 Å². The highest BCUT2D eigenvalue weighted by molar-refractivity contribution is 7.92. The third-order valence-corrected chi connectivity index (χ3v) is 6.74. The predicted molar refractivity (Wildman–Crippen MR) is 130 cm³/mol. The Balaban J connectivity index is 1.68. The standard InChI is InChI=1S/C25H28N2O6S/c1-16-6-11-21(12-17(16)2)34(29,30)27-20-9-7-19(8-10-20)25(28)26-15-18-13-22(31-3)24(33-5)23(14-18)32-4/h6-14,27H,15H2,1-5H3,(H,26,28). The van der Waals surface area contributed by atoms with Gasteiger partial charge in [-0.05, 0) is 79.1 Å². The molecule has 8 nitrogen and oxygen atoms in total. The van der Waals surface area contributed by atoms with Crippen molar-refractivity contribution in [2.75, 3.05) is 26.1 Å². The molecular formula is C25H28N2O6S. The first-order valence-corrected chi connectivity index (χ1v) is 11.9. The van der Waals surface area contributed by atoms with Crippen LogP contribution >= 0.6 is 0 Å². The molecule has 34 heavy (non-hydrogen) atoms. The van der Waals surface area contributed by atoms with E-state index in [1.807, 2.05) is 13.8 Å². The van der Waals surface area contributed by atoms with Crippen molar-refractivity contribution >= 4 is 21.6 Å². The third kappa shape index (κ3) is 5.60. The van der Waals surface area contributed by atoms with Crippen LogP contribution in [0.2, 0.25) is 0 Å². The van der Waals surface area contributed by atoms with E-state index in [-0.39, 0.29) is 17.3 Å². The summed E-state index contributed by atoms with van der Waals surface area (Å²) in [6, 6.07) is 14.7. The van der Waals surface area contributed by atoms with Gasteiger partial charge in [0.05, 0.1) is 26.2 Å². The van der Waals surface area contributed by atoms with Crippen molar-refractivity contribution in [1.29, 1.82) is 0 Å². The number of anilines is 1. The summed E-state index contributed by atoms with van der Waals surface area (Å²) in [6.45, 7) is 4.02. The fourth-order valence-corrected chi connectivity index (χ4v) is 4.45. The van der Waals surface area contributed by atoms with Gasteiger partial charge in [-0.3, -0.25) is 9.52 Å². The van der Waals surface area contributed by atoms with Crippen LogP contribution in [0.3, 0.4) is 0 Å². The van der Waals surface area contributed by atoms with Crippen molar-refractivity contribution in [1.82, 2.24) is 5.32 Å². The van der Waals surface area contributed by atoms with Gasteiger partial charge in [0.1, 0.15) is 0 Å². The molecule has 1 amide bonds. The van der Waals surface area contributed by atoms with Gasteiger partial charge in [-0.2, -0.15) is 0 Å². The molecule has 0 spiro atoms. The molecule has 9 heteroatoms. The summed E-state index contributed by atoms with van der Waals surface area (Å²) in [5, 5.41) is 2.83. The number of hydrogen-bond acceptors (Lipinski definition) is 6. The van der Waals surface area contributed by atoms with E-state index in [0.717, 1.165) is 16.7 Å². The minimum Gasteiger partial charge on any atom is -0.493 e. The second kappa shape index (κ2) is 10.5. The van der Waals surface area contributed by atoms with Crippen LogP contribution in [0, 0.1) is 13.8 Å². The average Bonchev–Trinajstić information content (AvgIpc) is 2.83. The van der Waals surface area contributed by atoms with E-state index in [1.54, 1.807) is 54.6 Å². The van der Waals surface area contributed by atoms with E-state index in [2.05, 4.69) is 10.0 Å². The van der Waals surface area contributed by atoms with Gasteiger partial charge in [-0.1, -0.05) is 6.07 Å². The Morgan fingerprint density at radius 1 is 0.824 bits per heavy atom. The Hall–Kier alpha value is -3.72. The van der Waals surface area contributed by atoms with Crippen LogP contribution in [0.5, 0.6) is 17.2 Å². The van der Waals surface area contributed by atoms with Gasteiger partial charge >= 0.3 is 0 Å². The van der Waals surface area contributed by atoms with Gasteiger partial charge < -0.3 is 19.5 Å². The lowest BCUT2D eigenvalue weighted by Gasteiger charge is -2.14. The molecule has 0 unspecified atom stereocenters. The molecule has 0 aliphatic rings. The van der Waals surface area contributed by atoms with E-state index in [9.17, 15) is 13.2 Å².